The fourth-order valence-corrected chi connectivity index (χ4v) is 18.1. The second-order valence-corrected chi connectivity index (χ2v) is 43.9. The molecule has 4 unspecified atom stereocenters. The standard InChI is InChI=1S/C38H76O3Si3.C20H34O3/c1-28-19-20-32-31(27-40-43(15,16)35(5,6)7)33(22-24-37(28,32)11)38(12)23-21-30(41-44(17,18)36(8,9)10)25-29(38)26-39-42(13,14)34(2,3)4;1-13-4-5-17-16(12-22)18(7-9-19(13,17)2)20(3)8-6-15(23)10-14(20)11-21/h29-33H,1,19-27H2,2-18H3;14-18,21-23H,1,4-12H2,2-3H3/t29-,30+,31+,32?,33?,37-,38+;14-,15+,16+,17?,18?,19-,20+/m11/s1. The first-order valence-electron chi connectivity index (χ1n) is 27.7. The number of aliphatic hydroxyl groups is 3. The maximum atomic E-state index is 10.2. The van der Waals surface area contributed by atoms with Crippen LogP contribution in [0, 0.1) is 69.0 Å². The van der Waals surface area contributed by atoms with E-state index in [4.69, 9.17) is 13.3 Å². The molecule has 0 aliphatic heterocycles. The predicted molar refractivity (Wildman–Crippen MR) is 292 cm³/mol. The number of hydrogen-bond acceptors (Lipinski definition) is 6. The molecule has 9 heteroatoms. The van der Waals surface area contributed by atoms with Crippen molar-refractivity contribution >= 4 is 25.0 Å². The predicted octanol–water partition coefficient (Wildman–Crippen LogP) is 15.4. The molecule has 0 saturated heterocycles. The third-order valence-electron chi connectivity index (χ3n) is 23.1. The summed E-state index contributed by atoms with van der Waals surface area (Å²) < 4.78 is 21.5. The van der Waals surface area contributed by atoms with E-state index in [2.05, 4.69) is 142 Å². The van der Waals surface area contributed by atoms with Crippen molar-refractivity contribution in [3.05, 3.63) is 24.3 Å². The van der Waals surface area contributed by atoms with Gasteiger partial charge in [-0.05, 0) is 213 Å². The Morgan fingerprint density at radius 3 is 1.42 bits per heavy atom. The Hall–Kier alpha value is -0.109. The molecule has 390 valence electrons. The molecule has 0 heterocycles. The molecule has 3 N–H and O–H groups in total. The zero-order valence-electron chi connectivity index (χ0n) is 47.5. The van der Waals surface area contributed by atoms with Gasteiger partial charge >= 0.3 is 0 Å². The molecule has 67 heavy (non-hydrogen) atoms. The van der Waals surface area contributed by atoms with E-state index >= 15 is 0 Å². The smallest absolute Gasteiger partial charge is 0.192 e. The van der Waals surface area contributed by atoms with Crippen LogP contribution >= 0.6 is 0 Å². The molecule has 6 saturated carbocycles. The highest BCUT2D eigenvalue weighted by molar-refractivity contribution is 6.74. The Kier molecular flexibility index (Phi) is 17.5. The monoisotopic (exact) mass is 987 g/mol. The second-order valence-electron chi connectivity index (χ2n) is 29.6. The van der Waals surface area contributed by atoms with Crippen LogP contribution in [0.5, 0.6) is 0 Å². The van der Waals surface area contributed by atoms with Crippen LogP contribution < -0.4 is 0 Å². The first-order valence-corrected chi connectivity index (χ1v) is 36.4. The van der Waals surface area contributed by atoms with Gasteiger partial charge in [-0.15, -0.1) is 0 Å². The number of rotatable bonds is 12. The van der Waals surface area contributed by atoms with E-state index in [0.717, 1.165) is 58.2 Å². The Labute approximate surface area is 417 Å². The molecule has 0 spiro atoms. The zero-order valence-corrected chi connectivity index (χ0v) is 50.5. The van der Waals surface area contributed by atoms with Crippen LogP contribution in [-0.4, -0.2) is 78.9 Å². The summed E-state index contributed by atoms with van der Waals surface area (Å²) in [6.07, 6.45) is 15.7. The summed E-state index contributed by atoms with van der Waals surface area (Å²) in [5.74, 6) is 3.86. The van der Waals surface area contributed by atoms with Crippen molar-refractivity contribution in [3.63, 3.8) is 0 Å². The summed E-state index contributed by atoms with van der Waals surface area (Å²) in [5.41, 5.74) is 3.61. The van der Waals surface area contributed by atoms with Gasteiger partial charge in [-0.25, -0.2) is 0 Å². The quantitative estimate of drug-likeness (QED) is 0.133. The Morgan fingerprint density at radius 1 is 0.522 bits per heavy atom. The van der Waals surface area contributed by atoms with Gasteiger partial charge in [0.05, 0.1) is 6.10 Å². The first-order chi connectivity index (χ1) is 30.5. The van der Waals surface area contributed by atoms with Gasteiger partial charge in [-0.3, -0.25) is 0 Å². The summed E-state index contributed by atoms with van der Waals surface area (Å²) in [6.45, 7) is 57.1. The molecule has 0 radical (unpaired) electrons. The number of hydrogen-bond donors (Lipinski definition) is 3. The number of allylic oxidation sites excluding steroid dienone is 2. The van der Waals surface area contributed by atoms with Gasteiger partial charge in [0.1, 0.15) is 0 Å². The normalized spacial score (nSPS) is 40.3. The SMILES string of the molecule is C=C1CCC2[C@H](CO)C([C@@]3(C)CC[C@H](O)C[C@@H]3CO)CC[C@]12C.C=C1CCC2[C@H](CO[Si](C)(C)C(C)(C)C)C([C@@]3(C)CC[C@H](O[Si](C)(C)C(C)(C)C)C[C@@H]3CO[Si](C)(C)C(C)(C)C)CC[C@]12C. The van der Waals surface area contributed by atoms with Crippen LogP contribution in [0.1, 0.15) is 180 Å². The van der Waals surface area contributed by atoms with Crippen molar-refractivity contribution < 1.29 is 28.6 Å². The van der Waals surface area contributed by atoms with E-state index in [1.54, 1.807) is 0 Å². The highest BCUT2D eigenvalue weighted by Crippen LogP contribution is 2.66. The highest BCUT2D eigenvalue weighted by atomic mass is 28.4. The summed E-state index contributed by atoms with van der Waals surface area (Å²) in [5, 5.41) is 30.8. The van der Waals surface area contributed by atoms with E-state index in [9.17, 15) is 15.3 Å². The Bertz CT molecular complexity index is 1710. The van der Waals surface area contributed by atoms with Crippen molar-refractivity contribution in [1.82, 2.24) is 0 Å². The number of aliphatic hydroxyl groups excluding tert-OH is 3. The van der Waals surface area contributed by atoms with Crippen LogP contribution in [-0.2, 0) is 13.3 Å². The van der Waals surface area contributed by atoms with Crippen LogP contribution in [0.3, 0.4) is 0 Å². The minimum atomic E-state index is -1.88. The summed E-state index contributed by atoms with van der Waals surface area (Å²) in [6, 6.07) is 0. The van der Waals surface area contributed by atoms with E-state index < -0.39 is 25.0 Å². The van der Waals surface area contributed by atoms with Gasteiger partial charge in [0.25, 0.3) is 0 Å². The lowest BCUT2D eigenvalue weighted by Gasteiger charge is -2.58. The largest absolute Gasteiger partial charge is 0.417 e. The maximum absolute atomic E-state index is 10.2. The summed E-state index contributed by atoms with van der Waals surface area (Å²) >= 11 is 0. The summed E-state index contributed by atoms with van der Waals surface area (Å²) in [4.78, 5) is 0. The molecular weight excluding hydrogens is 877 g/mol. The third kappa shape index (κ3) is 11.4. The third-order valence-corrected chi connectivity index (χ3v) is 36.6. The molecule has 14 atom stereocenters. The van der Waals surface area contributed by atoms with Crippen LogP contribution in [0.25, 0.3) is 0 Å². The lowest BCUT2D eigenvalue weighted by atomic mass is 9.49. The van der Waals surface area contributed by atoms with Gasteiger partial charge in [0.15, 0.2) is 25.0 Å². The van der Waals surface area contributed by atoms with E-state index in [-0.39, 0.29) is 62.0 Å². The van der Waals surface area contributed by atoms with Crippen molar-refractivity contribution in [2.75, 3.05) is 26.4 Å². The molecule has 6 aliphatic carbocycles. The molecule has 6 aliphatic rings. The molecule has 0 aromatic carbocycles. The van der Waals surface area contributed by atoms with E-state index in [1.165, 1.54) is 49.7 Å². The fraction of sp³-hybridized carbons (Fsp3) is 0.931. The zero-order chi connectivity index (χ0) is 50.8. The summed E-state index contributed by atoms with van der Waals surface area (Å²) in [7, 11) is -5.61. The van der Waals surface area contributed by atoms with E-state index in [1.807, 2.05) is 0 Å². The Balaban J connectivity index is 0.000000304. The first kappa shape index (κ1) is 57.8. The van der Waals surface area contributed by atoms with Gasteiger partial charge in [-0.2, -0.15) is 0 Å². The fourth-order valence-electron chi connectivity index (χ4n) is 14.6. The number of fused-ring (bicyclic) bond motifs is 2. The molecule has 0 amide bonds. The molecule has 0 aromatic heterocycles. The van der Waals surface area contributed by atoms with E-state index in [0.29, 0.717) is 54.0 Å². The van der Waals surface area contributed by atoms with Crippen molar-refractivity contribution in [1.29, 1.82) is 0 Å². The minimum Gasteiger partial charge on any atom is -0.417 e. The molecular formula is C58H110O6Si3. The lowest BCUT2D eigenvalue weighted by Crippen LogP contribution is -2.55. The molecule has 0 aromatic rings. The average molecular weight is 988 g/mol. The molecule has 0 bridgehead atoms. The van der Waals surface area contributed by atoms with Crippen molar-refractivity contribution in [2.45, 2.75) is 247 Å². The molecule has 6 fully saturated rings. The molecule has 6 nitrogen and oxygen atoms in total. The van der Waals surface area contributed by atoms with Gasteiger partial charge in [0.2, 0.25) is 0 Å². The van der Waals surface area contributed by atoms with Gasteiger partial charge in [0, 0.05) is 32.5 Å². The maximum Gasteiger partial charge on any atom is 0.192 e. The van der Waals surface area contributed by atoms with Crippen LogP contribution in [0.15, 0.2) is 24.3 Å². The Morgan fingerprint density at radius 2 is 0.955 bits per heavy atom. The average Bonchev–Trinajstić information content (AvgIpc) is 3.69. The van der Waals surface area contributed by atoms with Crippen molar-refractivity contribution in [3.8, 4) is 0 Å². The minimum absolute atomic E-state index is 0.0344. The van der Waals surface area contributed by atoms with Crippen LogP contribution in [0.4, 0.5) is 0 Å². The van der Waals surface area contributed by atoms with Crippen LogP contribution in [0.2, 0.25) is 54.4 Å². The molecule has 6 rings (SSSR count). The lowest BCUT2D eigenvalue weighted by molar-refractivity contribution is -0.104. The second kappa shape index (κ2) is 20.3. The van der Waals surface area contributed by atoms with Gasteiger partial charge in [-0.1, -0.05) is 114 Å². The topological polar surface area (TPSA) is 88.4 Å². The van der Waals surface area contributed by atoms with Crippen molar-refractivity contribution in [2.24, 2.45) is 69.0 Å². The van der Waals surface area contributed by atoms with Gasteiger partial charge < -0.3 is 28.6 Å². The highest BCUT2D eigenvalue weighted by Gasteiger charge is 2.59.